The Morgan fingerprint density at radius 3 is 3.00 bits per heavy atom. The van der Waals surface area contributed by atoms with Gasteiger partial charge < -0.3 is 10.1 Å². The largest absolute Gasteiger partial charge is 0.396 e. The lowest BCUT2D eigenvalue weighted by molar-refractivity contribution is -0.0413. The van der Waals surface area contributed by atoms with Crippen LogP contribution in [0.4, 0.5) is 0 Å². The Bertz CT molecular complexity index is 673. The molecule has 3 heterocycles. The van der Waals surface area contributed by atoms with Crippen molar-refractivity contribution in [1.29, 1.82) is 0 Å². The first-order valence-electron chi connectivity index (χ1n) is 8.73. The number of rotatable bonds is 3. The number of hydrogen-bond acceptors (Lipinski definition) is 2. The highest BCUT2D eigenvalue weighted by molar-refractivity contribution is 5.85. The van der Waals surface area contributed by atoms with Crippen LogP contribution in [0.5, 0.6) is 0 Å². The van der Waals surface area contributed by atoms with Crippen LogP contribution in [0.2, 0.25) is 0 Å². The van der Waals surface area contributed by atoms with Gasteiger partial charge in [0.2, 0.25) is 0 Å². The number of nitrogens with one attached hydrogen (secondary N) is 1. The van der Waals surface area contributed by atoms with E-state index >= 15 is 0 Å². The molecule has 0 aliphatic carbocycles. The quantitative estimate of drug-likeness (QED) is 0.908. The highest BCUT2D eigenvalue weighted by atomic mass is 16.3. The van der Waals surface area contributed by atoms with Gasteiger partial charge in [0, 0.05) is 28.6 Å². The predicted octanol–water partition coefficient (Wildman–Crippen LogP) is 3.64. The molecule has 2 N–H and O–H groups in total. The van der Waals surface area contributed by atoms with Crippen LogP contribution in [0.15, 0.2) is 24.3 Å². The van der Waals surface area contributed by atoms with Crippen molar-refractivity contribution in [3.8, 4) is 0 Å². The normalized spacial score (nSPS) is 28.5. The molecule has 0 spiro atoms. The van der Waals surface area contributed by atoms with Crippen LogP contribution in [-0.4, -0.2) is 34.7 Å². The summed E-state index contributed by atoms with van der Waals surface area (Å²) in [6.45, 7) is 4.85. The first kappa shape index (κ1) is 14.3. The van der Waals surface area contributed by atoms with Gasteiger partial charge >= 0.3 is 0 Å². The average Bonchev–Trinajstić information content (AvgIpc) is 2.93. The smallest absolute Gasteiger partial charge is 0.0580 e. The molecule has 2 aliphatic rings. The van der Waals surface area contributed by atoms with Crippen molar-refractivity contribution in [2.45, 2.75) is 45.1 Å². The Balaban J connectivity index is 1.88. The Labute approximate surface area is 132 Å². The van der Waals surface area contributed by atoms with Crippen molar-refractivity contribution in [2.75, 3.05) is 19.7 Å². The molecule has 3 heteroatoms. The zero-order valence-electron chi connectivity index (χ0n) is 13.4. The van der Waals surface area contributed by atoms with E-state index in [0.717, 1.165) is 32.2 Å². The number of benzene rings is 1. The maximum Gasteiger partial charge on any atom is 0.0580 e. The minimum atomic E-state index is 0.0308. The Hall–Kier alpha value is -1.32. The van der Waals surface area contributed by atoms with Crippen LogP contribution in [0.1, 0.15) is 49.9 Å². The fourth-order valence-electron chi connectivity index (χ4n) is 5.00. The van der Waals surface area contributed by atoms with Gasteiger partial charge in [-0.3, -0.25) is 4.90 Å². The summed E-state index contributed by atoms with van der Waals surface area (Å²) in [6.07, 6.45) is 5.74. The molecule has 1 aromatic carbocycles. The topological polar surface area (TPSA) is 39.3 Å². The molecule has 1 fully saturated rings. The summed E-state index contributed by atoms with van der Waals surface area (Å²) < 4.78 is 0. The molecule has 2 aromatic rings. The number of aliphatic hydroxyl groups is 1. The monoisotopic (exact) mass is 298 g/mol. The highest BCUT2D eigenvalue weighted by Gasteiger charge is 2.47. The lowest BCUT2D eigenvalue weighted by Gasteiger charge is -2.51. The number of aromatic amines is 1. The third kappa shape index (κ3) is 1.95. The van der Waals surface area contributed by atoms with Crippen molar-refractivity contribution in [1.82, 2.24) is 9.88 Å². The van der Waals surface area contributed by atoms with Gasteiger partial charge in [-0.05, 0) is 43.9 Å². The summed E-state index contributed by atoms with van der Waals surface area (Å²) >= 11 is 0. The van der Waals surface area contributed by atoms with E-state index in [1.54, 1.807) is 0 Å². The molecular weight excluding hydrogens is 272 g/mol. The molecule has 118 valence electrons. The summed E-state index contributed by atoms with van der Waals surface area (Å²) in [4.78, 5) is 6.33. The second-order valence-electron chi connectivity index (χ2n) is 7.13. The SMILES string of the molecule is CCC[C@@]1(CO)CCCN2CCc3c([nH]c4ccccc34)[C@H]21. The molecular formula is C19H26N2O. The highest BCUT2D eigenvalue weighted by Crippen LogP contribution is 2.51. The number of H-pyrrole nitrogens is 1. The maximum atomic E-state index is 10.3. The van der Waals surface area contributed by atoms with Crippen LogP contribution in [0.3, 0.4) is 0 Å². The number of piperidine rings is 1. The number of hydrogen-bond donors (Lipinski definition) is 2. The van der Waals surface area contributed by atoms with Gasteiger partial charge in [0.25, 0.3) is 0 Å². The van der Waals surface area contributed by atoms with Crippen molar-refractivity contribution in [3.05, 3.63) is 35.5 Å². The lowest BCUT2D eigenvalue weighted by atomic mass is 9.67. The molecule has 0 amide bonds. The van der Waals surface area contributed by atoms with Crippen molar-refractivity contribution < 1.29 is 5.11 Å². The number of aliphatic hydroxyl groups excluding tert-OH is 1. The minimum absolute atomic E-state index is 0.0308. The second-order valence-corrected chi connectivity index (χ2v) is 7.13. The third-order valence-corrected chi connectivity index (χ3v) is 5.90. The van der Waals surface area contributed by atoms with Gasteiger partial charge in [-0.15, -0.1) is 0 Å². The molecule has 0 radical (unpaired) electrons. The molecule has 0 bridgehead atoms. The first-order valence-corrected chi connectivity index (χ1v) is 8.73. The first-order chi connectivity index (χ1) is 10.8. The Morgan fingerprint density at radius 1 is 1.32 bits per heavy atom. The summed E-state index contributed by atoms with van der Waals surface area (Å²) in [5.41, 5.74) is 4.16. The summed E-state index contributed by atoms with van der Waals surface area (Å²) in [7, 11) is 0. The number of nitrogens with zero attached hydrogens (tertiary/aromatic N) is 1. The van der Waals surface area contributed by atoms with E-state index in [-0.39, 0.29) is 5.41 Å². The maximum absolute atomic E-state index is 10.3. The van der Waals surface area contributed by atoms with E-state index in [2.05, 4.69) is 41.1 Å². The molecule has 3 nitrogen and oxygen atoms in total. The Morgan fingerprint density at radius 2 is 2.18 bits per heavy atom. The van der Waals surface area contributed by atoms with Gasteiger partial charge in [-0.2, -0.15) is 0 Å². The predicted molar refractivity (Wildman–Crippen MR) is 90.0 cm³/mol. The molecule has 22 heavy (non-hydrogen) atoms. The summed E-state index contributed by atoms with van der Waals surface area (Å²) in [6, 6.07) is 9.02. The van der Waals surface area contributed by atoms with Crippen molar-refractivity contribution >= 4 is 10.9 Å². The van der Waals surface area contributed by atoms with Crippen LogP contribution in [0.25, 0.3) is 10.9 Å². The van der Waals surface area contributed by atoms with Crippen LogP contribution >= 0.6 is 0 Å². The molecule has 2 atom stereocenters. The van der Waals surface area contributed by atoms with Gasteiger partial charge in [-0.25, -0.2) is 0 Å². The van der Waals surface area contributed by atoms with Crippen molar-refractivity contribution in [3.63, 3.8) is 0 Å². The van der Waals surface area contributed by atoms with E-state index in [0.29, 0.717) is 12.6 Å². The zero-order valence-corrected chi connectivity index (χ0v) is 13.4. The minimum Gasteiger partial charge on any atom is -0.396 e. The molecule has 0 unspecified atom stereocenters. The summed E-state index contributed by atoms with van der Waals surface area (Å²) in [5.74, 6) is 0. The second kappa shape index (κ2) is 5.39. The van der Waals surface area contributed by atoms with Crippen molar-refractivity contribution in [2.24, 2.45) is 5.41 Å². The zero-order chi connectivity index (χ0) is 15.2. The number of fused-ring (bicyclic) bond motifs is 5. The van der Waals surface area contributed by atoms with Gasteiger partial charge in [0.1, 0.15) is 0 Å². The van der Waals surface area contributed by atoms with E-state index in [1.165, 1.54) is 35.1 Å². The Kier molecular flexibility index (Phi) is 3.50. The molecule has 0 saturated carbocycles. The van der Waals surface area contributed by atoms with E-state index in [9.17, 15) is 5.11 Å². The van der Waals surface area contributed by atoms with Gasteiger partial charge in [0.15, 0.2) is 0 Å². The fraction of sp³-hybridized carbons (Fsp3) is 0.579. The van der Waals surface area contributed by atoms with E-state index < -0.39 is 0 Å². The van der Waals surface area contributed by atoms with Crippen LogP contribution in [-0.2, 0) is 6.42 Å². The summed E-state index contributed by atoms with van der Waals surface area (Å²) in [5, 5.41) is 11.7. The van der Waals surface area contributed by atoms with Crippen LogP contribution in [0, 0.1) is 5.41 Å². The molecule has 4 rings (SSSR count). The average molecular weight is 298 g/mol. The van der Waals surface area contributed by atoms with Crippen LogP contribution < -0.4 is 0 Å². The van der Waals surface area contributed by atoms with E-state index in [1.807, 2.05) is 0 Å². The molecule has 1 saturated heterocycles. The van der Waals surface area contributed by atoms with Gasteiger partial charge in [-0.1, -0.05) is 31.5 Å². The number of para-hydroxylation sites is 1. The molecule has 1 aromatic heterocycles. The lowest BCUT2D eigenvalue weighted by Crippen LogP contribution is -2.51. The van der Waals surface area contributed by atoms with Gasteiger partial charge in [0.05, 0.1) is 12.6 Å². The number of aromatic nitrogens is 1. The fourth-order valence-corrected chi connectivity index (χ4v) is 5.00. The standard InChI is InChI=1S/C19H26N2O/c1-2-9-19(13-22)10-5-11-21-12-8-15-14-6-3-4-7-16(14)20-17(15)18(19)21/h3-4,6-7,18,20,22H,2,5,8-13H2,1H3/t18-,19-/m0/s1. The van der Waals surface area contributed by atoms with E-state index in [4.69, 9.17) is 0 Å². The molecule has 2 aliphatic heterocycles. The third-order valence-electron chi connectivity index (χ3n) is 5.90.